The molecule has 0 spiro atoms. The number of allylic oxidation sites excluding steroid dienone is 7. The van der Waals surface area contributed by atoms with Crippen molar-refractivity contribution in [2.45, 2.75) is 58.0 Å². The molecule has 0 saturated heterocycles. The summed E-state index contributed by atoms with van der Waals surface area (Å²) >= 11 is 0. The Bertz CT molecular complexity index is 961. The van der Waals surface area contributed by atoms with Gasteiger partial charge in [-0.3, -0.25) is 0 Å². The maximum Gasteiger partial charge on any atom is 0.396 e. The molecule has 2 aromatic rings. The van der Waals surface area contributed by atoms with Crippen LogP contribution < -0.4 is 0 Å². The molecule has 0 saturated carbocycles. The predicted molar refractivity (Wildman–Crippen MR) is 130 cm³/mol. The minimum absolute atomic E-state index is 0.111. The van der Waals surface area contributed by atoms with Gasteiger partial charge in [0.05, 0.1) is 5.92 Å². The molecule has 0 radical (unpaired) electrons. The first-order chi connectivity index (χ1) is 15.7. The van der Waals surface area contributed by atoms with Crippen LogP contribution in [0.4, 0.5) is 17.6 Å². The lowest BCUT2D eigenvalue weighted by atomic mass is 9.91. The van der Waals surface area contributed by atoms with Crippen LogP contribution >= 0.6 is 0 Å². The molecular formula is C29H32F4. The lowest BCUT2D eigenvalue weighted by Crippen LogP contribution is -2.23. The second-order valence-electron chi connectivity index (χ2n) is 8.10. The molecule has 0 N–H and O–H groups in total. The van der Waals surface area contributed by atoms with Gasteiger partial charge in [-0.25, -0.2) is 4.39 Å². The molecule has 0 bridgehead atoms. The van der Waals surface area contributed by atoms with Gasteiger partial charge in [-0.2, -0.15) is 13.2 Å². The minimum Gasteiger partial charge on any atom is -0.207 e. The fourth-order valence-corrected chi connectivity index (χ4v) is 3.65. The van der Waals surface area contributed by atoms with Gasteiger partial charge in [0.25, 0.3) is 0 Å². The molecule has 2 aromatic carbocycles. The zero-order valence-electron chi connectivity index (χ0n) is 19.3. The lowest BCUT2D eigenvalue weighted by molar-refractivity contribution is -0.150. The molecule has 0 amide bonds. The van der Waals surface area contributed by atoms with Crippen LogP contribution in [0.3, 0.4) is 0 Å². The first kappa shape index (κ1) is 26.4. The number of hydrogen-bond acceptors (Lipinski definition) is 0. The van der Waals surface area contributed by atoms with Gasteiger partial charge in [0.1, 0.15) is 5.83 Å². The first-order valence-electron chi connectivity index (χ1n) is 11.3. The highest BCUT2D eigenvalue weighted by molar-refractivity contribution is 5.33. The molecule has 2 rings (SSSR count). The van der Waals surface area contributed by atoms with Crippen molar-refractivity contribution in [2.75, 3.05) is 0 Å². The molecule has 33 heavy (non-hydrogen) atoms. The van der Waals surface area contributed by atoms with E-state index in [2.05, 4.69) is 6.58 Å². The zero-order valence-corrected chi connectivity index (χ0v) is 19.3. The SMILES string of the molecule is C=C(/C=C(F)\C(=C/C)CCc1ccc(C[C@@H](c2ccccc2)C(F)(F)F)cc1)CC/C=C/C. The van der Waals surface area contributed by atoms with E-state index < -0.39 is 12.1 Å². The Morgan fingerprint density at radius 2 is 1.58 bits per heavy atom. The normalized spacial score (nSPS) is 14.0. The number of aryl methyl sites for hydroxylation is 1. The Kier molecular flexibility index (Phi) is 10.4. The van der Waals surface area contributed by atoms with Crippen LogP contribution in [-0.2, 0) is 12.8 Å². The molecule has 1 atom stereocenters. The quantitative estimate of drug-likeness (QED) is 0.180. The topological polar surface area (TPSA) is 0 Å². The Morgan fingerprint density at radius 1 is 0.939 bits per heavy atom. The van der Waals surface area contributed by atoms with Crippen molar-refractivity contribution in [3.05, 3.63) is 119 Å². The van der Waals surface area contributed by atoms with Crippen LogP contribution in [0.1, 0.15) is 55.7 Å². The Hall–Kier alpha value is -2.88. The summed E-state index contributed by atoms with van der Waals surface area (Å²) in [5, 5.41) is 0. The molecular weight excluding hydrogens is 424 g/mol. The summed E-state index contributed by atoms with van der Waals surface area (Å²) in [5.74, 6) is -1.82. The van der Waals surface area contributed by atoms with Crippen LogP contribution in [0.2, 0.25) is 0 Å². The van der Waals surface area contributed by atoms with Gasteiger partial charge in [-0.1, -0.05) is 85.0 Å². The molecule has 0 aliphatic carbocycles. The number of alkyl halides is 3. The summed E-state index contributed by atoms with van der Waals surface area (Å²) in [4.78, 5) is 0. The van der Waals surface area contributed by atoms with E-state index in [0.29, 0.717) is 30.4 Å². The van der Waals surface area contributed by atoms with E-state index in [1.807, 2.05) is 31.2 Å². The smallest absolute Gasteiger partial charge is 0.207 e. The average molecular weight is 457 g/mol. The van der Waals surface area contributed by atoms with Crippen LogP contribution in [0, 0.1) is 0 Å². The summed E-state index contributed by atoms with van der Waals surface area (Å²) in [7, 11) is 0. The lowest BCUT2D eigenvalue weighted by Gasteiger charge is -2.21. The van der Waals surface area contributed by atoms with Crippen LogP contribution in [0.15, 0.2) is 102 Å². The number of hydrogen-bond donors (Lipinski definition) is 0. The summed E-state index contributed by atoms with van der Waals surface area (Å²) in [6.07, 6.45) is 5.45. The fourth-order valence-electron chi connectivity index (χ4n) is 3.65. The standard InChI is InChI=1S/C29H32F4/c1-4-6-8-11-22(3)20-28(30)25(5-2)19-18-23-14-16-24(17-15-23)21-27(29(31,32)33)26-12-9-7-10-13-26/h4-7,9-10,12-17,20,27H,3,8,11,18-19,21H2,1-2H3/b6-4+,25-5-,28-20+/t27-/m0/s1. The maximum absolute atomic E-state index is 14.6. The van der Waals surface area contributed by atoms with Crippen molar-refractivity contribution >= 4 is 0 Å². The highest BCUT2D eigenvalue weighted by Crippen LogP contribution is 2.37. The first-order valence-corrected chi connectivity index (χ1v) is 11.3. The predicted octanol–water partition coefficient (Wildman–Crippen LogP) is 9.22. The summed E-state index contributed by atoms with van der Waals surface area (Å²) in [6.45, 7) is 7.66. The molecule has 0 nitrogen and oxygen atoms in total. The van der Waals surface area contributed by atoms with Gasteiger partial charge in [0, 0.05) is 0 Å². The van der Waals surface area contributed by atoms with Gasteiger partial charge < -0.3 is 0 Å². The minimum atomic E-state index is -4.32. The largest absolute Gasteiger partial charge is 0.396 e. The second-order valence-corrected chi connectivity index (χ2v) is 8.10. The van der Waals surface area contributed by atoms with Crippen molar-refractivity contribution in [1.29, 1.82) is 0 Å². The van der Waals surface area contributed by atoms with E-state index in [1.54, 1.807) is 43.3 Å². The van der Waals surface area contributed by atoms with E-state index in [-0.39, 0.29) is 17.8 Å². The molecule has 0 heterocycles. The third-order valence-corrected chi connectivity index (χ3v) is 5.60. The van der Waals surface area contributed by atoms with Gasteiger partial charge in [-0.15, -0.1) is 0 Å². The van der Waals surface area contributed by atoms with Gasteiger partial charge in [0.15, 0.2) is 0 Å². The molecule has 0 aliphatic rings. The third kappa shape index (κ3) is 8.88. The van der Waals surface area contributed by atoms with E-state index in [1.165, 1.54) is 18.2 Å². The average Bonchev–Trinajstić information content (AvgIpc) is 2.78. The number of benzene rings is 2. The summed E-state index contributed by atoms with van der Waals surface area (Å²) in [6, 6.07) is 15.1. The van der Waals surface area contributed by atoms with Gasteiger partial charge in [-0.05, 0) is 74.3 Å². The van der Waals surface area contributed by atoms with E-state index in [0.717, 1.165) is 17.6 Å². The van der Waals surface area contributed by atoms with E-state index >= 15 is 0 Å². The monoisotopic (exact) mass is 456 g/mol. The Morgan fingerprint density at radius 3 is 2.15 bits per heavy atom. The van der Waals surface area contributed by atoms with Crippen LogP contribution in [0.25, 0.3) is 0 Å². The zero-order chi connectivity index (χ0) is 24.3. The molecule has 4 heteroatoms. The molecule has 0 aliphatic heterocycles. The second kappa shape index (κ2) is 13.0. The fraction of sp³-hybridized carbons (Fsp3) is 0.310. The molecule has 0 unspecified atom stereocenters. The summed E-state index contributed by atoms with van der Waals surface area (Å²) in [5.41, 5.74) is 3.20. The van der Waals surface area contributed by atoms with Crippen molar-refractivity contribution < 1.29 is 17.6 Å². The van der Waals surface area contributed by atoms with Crippen LogP contribution in [0.5, 0.6) is 0 Å². The number of halogens is 4. The molecule has 176 valence electrons. The van der Waals surface area contributed by atoms with Crippen molar-refractivity contribution in [1.82, 2.24) is 0 Å². The molecule has 0 fully saturated rings. The Labute approximate surface area is 195 Å². The maximum atomic E-state index is 14.6. The van der Waals surface area contributed by atoms with Crippen LogP contribution in [-0.4, -0.2) is 6.18 Å². The Balaban J connectivity index is 2.00. The van der Waals surface area contributed by atoms with Crippen molar-refractivity contribution in [3.8, 4) is 0 Å². The third-order valence-electron chi connectivity index (χ3n) is 5.60. The highest BCUT2D eigenvalue weighted by atomic mass is 19.4. The van der Waals surface area contributed by atoms with Crippen molar-refractivity contribution in [2.24, 2.45) is 0 Å². The van der Waals surface area contributed by atoms with Crippen molar-refractivity contribution in [3.63, 3.8) is 0 Å². The molecule has 0 aromatic heterocycles. The van der Waals surface area contributed by atoms with E-state index in [9.17, 15) is 17.6 Å². The van der Waals surface area contributed by atoms with Gasteiger partial charge in [0.2, 0.25) is 0 Å². The summed E-state index contributed by atoms with van der Waals surface area (Å²) < 4.78 is 55.5. The van der Waals surface area contributed by atoms with E-state index in [4.69, 9.17) is 0 Å². The van der Waals surface area contributed by atoms with Gasteiger partial charge >= 0.3 is 6.18 Å². The highest BCUT2D eigenvalue weighted by Gasteiger charge is 2.40. The number of rotatable bonds is 11.